The lowest BCUT2D eigenvalue weighted by molar-refractivity contribution is -0.385. The molecule has 0 spiro atoms. The van der Waals surface area contributed by atoms with Crippen molar-refractivity contribution in [2.24, 2.45) is 7.05 Å². The molecule has 2 aromatic rings. The molecule has 1 aliphatic rings. The maximum Gasteiger partial charge on any atom is 0.272 e. The SMILES string of the molecule is CCC(C)NS(=O)(=O)c1cc([N+](=O)[O-])ccc1Oc1c(C)c(C(=O)NCC2CCCO2)nn1C. The maximum absolute atomic E-state index is 13.0. The smallest absolute Gasteiger partial charge is 0.272 e. The average molecular weight is 496 g/mol. The highest BCUT2D eigenvalue weighted by Crippen LogP contribution is 2.34. The molecule has 1 saturated heterocycles. The fourth-order valence-corrected chi connectivity index (χ4v) is 4.96. The maximum atomic E-state index is 13.0. The van der Waals surface area contributed by atoms with E-state index in [1.54, 1.807) is 20.9 Å². The summed E-state index contributed by atoms with van der Waals surface area (Å²) in [7, 11) is -2.58. The Morgan fingerprint density at radius 1 is 1.44 bits per heavy atom. The number of benzene rings is 1. The fraction of sp³-hybridized carbons (Fsp3) is 0.524. The number of hydrogen-bond donors (Lipinski definition) is 2. The van der Waals surface area contributed by atoms with Gasteiger partial charge in [-0.25, -0.2) is 17.8 Å². The molecule has 0 bridgehead atoms. The van der Waals surface area contributed by atoms with Crippen LogP contribution in [0.2, 0.25) is 0 Å². The fourth-order valence-electron chi connectivity index (χ4n) is 3.49. The molecule has 0 saturated carbocycles. The monoisotopic (exact) mass is 495 g/mol. The standard InChI is InChI=1S/C21H29N5O7S/c1-5-13(2)24-34(30,31)18-11-15(26(28)29)8-9-17(18)33-21-14(3)19(23-25(21)4)20(27)22-12-16-7-6-10-32-16/h8-9,11,13,16,24H,5-7,10,12H2,1-4H3,(H,22,27). The molecular formula is C21H29N5O7S. The number of rotatable bonds is 10. The van der Waals surface area contributed by atoms with Crippen LogP contribution in [0.3, 0.4) is 0 Å². The van der Waals surface area contributed by atoms with Gasteiger partial charge in [-0.2, -0.15) is 5.10 Å². The van der Waals surface area contributed by atoms with Crippen LogP contribution in [0.4, 0.5) is 5.69 Å². The third-order valence-electron chi connectivity index (χ3n) is 5.55. The van der Waals surface area contributed by atoms with Crippen molar-refractivity contribution in [3.05, 3.63) is 39.6 Å². The minimum absolute atomic E-state index is 0.0328. The predicted octanol–water partition coefficient (Wildman–Crippen LogP) is 2.41. The van der Waals surface area contributed by atoms with E-state index in [-0.39, 0.29) is 28.3 Å². The number of ether oxygens (including phenoxy) is 2. The van der Waals surface area contributed by atoms with Crippen molar-refractivity contribution < 1.29 is 27.6 Å². The largest absolute Gasteiger partial charge is 0.438 e. The van der Waals surface area contributed by atoms with Crippen LogP contribution in [0.25, 0.3) is 0 Å². The van der Waals surface area contributed by atoms with Crippen molar-refractivity contribution in [3.8, 4) is 11.6 Å². The molecule has 13 heteroatoms. The van der Waals surface area contributed by atoms with Gasteiger partial charge in [0.2, 0.25) is 15.9 Å². The van der Waals surface area contributed by atoms with E-state index in [1.165, 1.54) is 10.7 Å². The number of aryl methyl sites for hydroxylation is 1. The molecule has 1 fully saturated rings. The minimum atomic E-state index is -4.13. The second-order valence-corrected chi connectivity index (χ2v) is 9.85. The van der Waals surface area contributed by atoms with Crippen LogP contribution in [0.1, 0.15) is 49.2 Å². The molecule has 1 aromatic carbocycles. The molecule has 2 N–H and O–H groups in total. The van der Waals surface area contributed by atoms with Gasteiger partial charge < -0.3 is 14.8 Å². The Hall–Kier alpha value is -3.03. The van der Waals surface area contributed by atoms with E-state index in [4.69, 9.17) is 9.47 Å². The van der Waals surface area contributed by atoms with Crippen LogP contribution in [-0.2, 0) is 21.8 Å². The second-order valence-electron chi connectivity index (χ2n) is 8.17. The van der Waals surface area contributed by atoms with E-state index in [2.05, 4.69) is 15.1 Å². The summed E-state index contributed by atoms with van der Waals surface area (Å²) >= 11 is 0. The Balaban J connectivity index is 1.91. The molecule has 1 amide bonds. The summed E-state index contributed by atoms with van der Waals surface area (Å²) in [6, 6.07) is 2.92. The third kappa shape index (κ3) is 5.72. The molecule has 2 unspecified atom stereocenters. The number of hydrogen-bond acceptors (Lipinski definition) is 8. The third-order valence-corrected chi connectivity index (χ3v) is 7.16. The van der Waals surface area contributed by atoms with Crippen LogP contribution in [0.15, 0.2) is 23.1 Å². The van der Waals surface area contributed by atoms with Gasteiger partial charge in [-0.05, 0) is 39.2 Å². The average Bonchev–Trinajstić information content (AvgIpc) is 3.40. The van der Waals surface area contributed by atoms with Gasteiger partial charge in [-0.15, -0.1) is 0 Å². The summed E-state index contributed by atoms with van der Waals surface area (Å²) in [6.07, 6.45) is 2.32. The van der Waals surface area contributed by atoms with Crippen molar-refractivity contribution in [1.82, 2.24) is 19.8 Å². The highest BCUT2D eigenvalue weighted by Gasteiger charge is 2.28. The molecule has 12 nitrogen and oxygen atoms in total. The Bertz CT molecular complexity index is 1170. The van der Waals surface area contributed by atoms with E-state index < -0.39 is 32.6 Å². The van der Waals surface area contributed by atoms with Crippen molar-refractivity contribution in [3.63, 3.8) is 0 Å². The van der Waals surface area contributed by atoms with Crippen molar-refractivity contribution in [2.75, 3.05) is 13.2 Å². The quantitative estimate of drug-likeness (QED) is 0.376. The second kappa shape index (κ2) is 10.5. The normalized spacial score (nSPS) is 16.9. The first-order valence-corrected chi connectivity index (χ1v) is 12.4. The van der Waals surface area contributed by atoms with Crippen molar-refractivity contribution in [1.29, 1.82) is 0 Å². The number of carbonyl (C=O) groups excluding carboxylic acids is 1. The van der Waals surface area contributed by atoms with Crippen molar-refractivity contribution >= 4 is 21.6 Å². The zero-order valence-corrected chi connectivity index (χ0v) is 20.3. The molecule has 2 heterocycles. The lowest BCUT2D eigenvalue weighted by Gasteiger charge is -2.15. The van der Waals surface area contributed by atoms with Crippen LogP contribution in [0.5, 0.6) is 11.6 Å². The van der Waals surface area contributed by atoms with Gasteiger partial charge in [0, 0.05) is 43.9 Å². The van der Waals surface area contributed by atoms with Gasteiger partial charge in [0.1, 0.15) is 10.6 Å². The lowest BCUT2D eigenvalue weighted by atomic mass is 10.2. The van der Waals surface area contributed by atoms with Gasteiger partial charge in [0.15, 0.2) is 5.69 Å². The van der Waals surface area contributed by atoms with E-state index in [9.17, 15) is 23.3 Å². The number of amides is 1. The molecule has 0 radical (unpaired) electrons. The van der Waals surface area contributed by atoms with Crippen LogP contribution < -0.4 is 14.8 Å². The summed E-state index contributed by atoms with van der Waals surface area (Å²) < 4.78 is 41.1. The highest BCUT2D eigenvalue weighted by atomic mass is 32.2. The summed E-state index contributed by atoms with van der Waals surface area (Å²) in [5, 5.41) is 18.3. The molecule has 2 atom stereocenters. The van der Waals surface area contributed by atoms with Crippen LogP contribution >= 0.6 is 0 Å². The van der Waals surface area contributed by atoms with Gasteiger partial charge in [0.25, 0.3) is 11.6 Å². The van der Waals surface area contributed by atoms with Crippen LogP contribution in [-0.4, -0.2) is 54.3 Å². The first kappa shape index (κ1) is 25.6. The number of aromatic nitrogens is 2. The van der Waals surface area contributed by atoms with Gasteiger partial charge >= 0.3 is 0 Å². The van der Waals surface area contributed by atoms with Crippen molar-refractivity contribution in [2.45, 2.75) is 57.1 Å². The molecule has 186 valence electrons. The zero-order valence-electron chi connectivity index (χ0n) is 19.5. The molecule has 1 aromatic heterocycles. The number of nitrogens with one attached hydrogen (secondary N) is 2. The highest BCUT2D eigenvalue weighted by molar-refractivity contribution is 7.89. The summed E-state index contributed by atoms with van der Waals surface area (Å²) in [4.78, 5) is 22.8. The Morgan fingerprint density at radius 2 is 2.18 bits per heavy atom. The number of nitro benzene ring substituents is 1. The number of nitro groups is 1. The Kier molecular flexibility index (Phi) is 7.89. The molecule has 34 heavy (non-hydrogen) atoms. The van der Waals surface area contributed by atoms with Gasteiger partial charge in [0.05, 0.1) is 11.0 Å². The summed E-state index contributed by atoms with van der Waals surface area (Å²) in [5.41, 5.74) is 0.122. The predicted molar refractivity (Wildman–Crippen MR) is 122 cm³/mol. The van der Waals surface area contributed by atoms with E-state index >= 15 is 0 Å². The zero-order chi connectivity index (χ0) is 25.0. The number of nitrogens with zero attached hydrogens (tertiary/aromatic N) is 3. The number of non-ortho nitro benzene ring substituents is 1. The Labute approximate surface area is 197 Å². The number of sulfonamides is 1. The topological polar surface area (TPSA) is 155 Å². The first-order chi connectivity index (χ1) is 16.0. The summed E-state index contributed by atoms with van der Waals surface area (Å²) in [6.45, 7) is 6.15. The van der Waals surface area contributed by atoms with Gasteiger partial charge in [-0.1, -0.05) is 6.92 Å². The molecule has 1 aliphatic heterocycles. The summed E-state index contributed by atoms with van der Waals surface area (Å²) in [5.74, 6) is -0.400. The van der Waals surface area contributed by atoms with Gasteiger partial charge in [-0.3, -0.25) is 14.9 Å². The van der Waals surface area contributed by atoms with E-state index in [0.29, 0.717) is 25.1 Å². The number of carbonyl (C=O) groups is 1. The Morgan fingerprint density at radius 3 is 2.79 bits per heavy atom. The molecule has 0 aliphatic carbocycles. The van der Waals surface area contributed by atoms with E-state index in [1.807, 2.05) is 6.92 Å². The first-order valence-electron chi connectivity index (χ1n) is 11.0. The molecular weight excluding hydrogens is 466 g/mol. The lowest BCUT2D eigenvalue weighted by Crippen LogP contribution is -2.32. The molecule has 3 rings (SSSR count). The minimum Gasteiger partial charge on any atom is -0.438 e. The van der Waals surface area contributed by atoms with Crippen LogP contribution in [0, 0.1) is 17.0 Å². The van der Waals surface area contributed by atoms with E-state index in [0.717, 1.165) is 25.0 Å².